The van der Waals surface area contributed by atoms with E-state index in [2.05, 4.69) is 10.6 Å². The molecule has 0 atom stereocenters. The number of hydrogen-bond donors (Lipinski definition) is 2. The topological polar surface area (TPSA) is 76.7 Å². The van der Waals surface area contributed by atoms with Crippen LogP contribution in [-0.2, 0) is 4.79 Å². The van der Waals surface area contributed by atoms with Crippen LogP contribution in [-0.4, -0.2) is 17.6 Å². The molecule has 0 bridgehead atoms. The van der Waals surface area contributed by atoms with Gasteiger partial charge in [0.2, 0.25) is 5.91 Å². The minimum absolute atomic E-state index is 0.0804. The van der Waals surface area contributed by atoms with Crippen molar-refractivity contribution in [2.75, 3.05) is 10.6 Å². The number of rotatable bonds is 3. The molecule has 160 valence electrons. The van der Waals surface area contributed by atoms with Crippen LogP contribution in [0.25, 0.3) is 0 Å². The summed E-state index contributed by atoms with van der Waals surface area (Å²) in [5, 5.41) is 6.50. The number of carbonyl (C=O) groups is 2. The highest BCUT2D eigenvalue weighted by Crippen LogP contribution is 2.46. The van der Waals surface area contributed by atoms with Crippen LogP contribution in [0.1, 0.15) is 68.1 Å². The third-order valence-corrected chi connectivity index (χ3v) is 6.60. The third-order valence-electron chi connectivity index (χ3n) is 5.45. The average Bonchev–Trinajstić information content (AvgIpc) is 3.20. The molecule has 1 fully saturated rings. The van der Waals surface area contributed by atoms with Crippen LogP contribution >= 0.6 is 11.3 Å². The molecular formula is C23H28N2O4S. The van der Waals surface area contributed by atoms with Gasteiger partial charge in [0.15, 0.2) is 11.5 Å². The number of amides is 2. The van der Waals surface area contributed by atoms with Gasteiger partial charge in [-0.05, 0) is 43.5 Å². The van der Waals surface area contributed by atoms with Crippen molar-refractivity contribution in [1.29, 1.82) is 0 Å². The van der Waals surface area contributed by atoms with Crippen LogP contribution in [0.3, 0.4) is 0 Å². The van der Waals surface area contributed by atoms with Crippen LogP contribution in [0, 0.1) is 12.3 Å². The van der Waals surface area contributed by atoms with Crippen molar-refractivity contribution in [3.63, 3.8) is 0 Å². The lowest BCUT2D eigenvalue weighted by Gasteiger charge is -2.31. The zero-order valence-corrected chi connectivity index (χ0v) is 18.7. The van der Waals surface area contributed by atoms with Gasteiger partial charge in [-0.15, -0.1) is 11.3 Å². The first-order valence-electron chi connectivity index (χ1n) is 10.4. The molecule has 30 heavy (non-hydrogen) atoms. The summed E-state index contributed by atoms with van der Waals surface area (Å²) in [6.07, 6.45) is 5.19. The Hall–Kier alpha value is -2.54. The van der Waals surface area contributed by atoms with Crippen molar-refractivity contribution in [1.82, 2.24) is 0 Å². The lowest BCUT2D eigenvalue weighted by atomic mass is 9.94. The van der Waals surface area contributed by atoms with Gasteiger partial charge in [0.25, 0.3) is 11.7 Å². The molecule has 4 rings (SSSR count). The number of carbonyl (C=O) groups excluding carboxylic acids is 2. The van der Waals surface area contributed by atoms with E-state index in [1.807, 2.05) is 52.0 Å². The Bertz CT molecular complexity index is 984. The summed E-state index contributed by atoms with van der Waals surface area (Å²) in [6, 6.07) is 7.33. The second-order valence-electron chi connectivity index (χ2n) is 9.12. The van der Waals surface area contributed by atoms with Crippen LogP contribution in [0.2, 0.25) is 0 Å². The molecule has 1 aliphatic heterocycles. The number of hydrogen-bond acceptors (Lipinski definition) is 5. The highest BCUT2D eigenvalue weighted by atomic mass is 32.1. The number of aryl methyl sites for hydroxylation is 1. The number of fused-ring (bicyclic) bond motifs is 1. The average molecular weight is 429 g/mol. The summed E-state index contributed by atoms with van der Waals surface area (Å²) in [5.74, 6) is 0.585. The van der Waals surface area contributed by atoms with Crippen molar-refractivity contribution < 1.29 is 19.1 Å². The van der Waals surface area contributed by atoms with E-state index in [9.17, 15) is 9.59 Å². The normalized spacial score (nSPS) is 17.1. The maximum atomic E-state index is 12.8. The van der Waals surface area contributed by atoms with E-state index in [0.29, 0.717) is 21.3 Å². The molecule has 0 saturated heterocycles. The minimum Gasteiger partial charge on any atom is -0.448 e. The van der Waals surface area contributed by atoms with Crippen molar-refractivity contribution in [2.45, 2.75) is 65.6 Å². The molecule has 6 nitrogen and oxygen atoms in total. The molecule has 0 radical (unpaired) electrons. The van der Waals surface area contributed by atoms with Crippen molar-refractivity contribution >= 4 is 33.8 Å². The molecule has 2 amide bonds. The standard InChI is InChI=1S/C23H28N2O4S/c1-14-12-18(25-21(27)22(2,3)4)30-19(14)20(26)24-15-8-9-16-17(13-15)29-23(28-16)10-6-5-7-11-23/h8-9,12-13H,5-7,10-11H2,1-4H3,(H,24,26)(H,25,27). The summed E-state index contributed by atoms with van der Waals surface area (Å²) < 4.78 is 12.2. The van der Waals surface area contributed by atoms with E-state index >= 15 is 0 Å². The highest BCUT2D eigenvalue weighted by molar-refractivity contribution is 7.18. The van der Waals surface area contributed by atoms with Gasteiger partial charge in [-0.3, -0.25) is 9.59 Å². The Balaban J connectivity index is 1.45. The number of benzene rings is 1. The number of ether oxygens (including phenoxy) is 2. The molecule has 2 N–H and O–H groups in total. The van der Waals surface area contributed by atoms with Gasteiger partial charge < -0.3 is 20.1 Å². The molecule has 1 aromatic heterocycles. The fraction of sp³-hybridized carbons (Fsp3) is 0.478. The first-order chi connectivity index (χ1) is 14.2. The van der Waals surface area contributed by atoms with Crippen molar-refractivity contribution in [2.24, 2.45) is 5.41 Å². The molecule has 1 aromatic carbocycles. The number of thiophene rings is 1. The SMILES string of the molecule is Cc1cc(NC(=O)C(C)(C)C)sc1C(=O)Nc1ccc2c(c1)OC1(CCCCC1)O2. The third kappa shape index (κ3) is 4.17. The van der Waals surface area contributed by atoms with Crippen molar-refractivity contribution in [3.05, 3.63) is 34.7 Å². The smallest absolute Gasteiger partial charge is 0.266 e. The van der Waals surface area contributed by atoms with Gasteiger partial charge in [0.1, 0.15) is 0 Å². The fourth-order valence-corrected chi connectivity index (χ4v) is 4.69. The second-order valence-corrected chi connectivity index (χ2v) is 10.2. The zero-order valence-electron chi connectivity index (χ0n) is 17.9. The zero-order chi connectivity index (χ0) is 21.5. The monoisotopic (exact) mass is 428 g/mol. The molecule has 1 saturated carbocycles. The Morgan fingerprint density at radius 3 is 2.40 bits per heavy atom. The van der Waals surface area contributed by atoms with E-state index in [1.165, 1.54) is 17.8 Å². The number of anilines is 2. The molecule has 1 aliphatic carbocycles. The number of nitrogens with one attached hydrogen (secondary N) is 2. The Morgan fingerprint density at radius 1 is 1.00 bits per heavy atom. The Kier molecular flexibility index (Phi) is 5.26. The molecule has 1 spiro atoms. The lowest BCUT2D eigenvalue weighted by molar-refractivity contribution is -0.123. The first kappa shape index (κ1) is 20.7. The Morgan fingerprint density at radius 2 is 1.70 bits per heavy atom. The van der Waals surface area contributed by atoms with E-state index < -0.39 is 11.2 Å². The van der Waals surface area contributed by atoms with Gasteiger partial charge in [-0.1, -0.05) is 27.2 Å². The predicted octanol–water partition coefficient (Wildman–Crippen LogP) is 5.73. The van der Waals surface area contributed by atoms with Gasteiger partial charge >= 0.3 is 0 Å². The van der Waals surface area contributed by atoms with Gasteiger partial charge in [0, 0.05) is 30.0 Å². The van der Waals surface area contributed by atoms with Gasteiger partial charge in [-0.25, -0.2) is 0 Å². The first-order valence-corrected chi connectivity index (χ1v) is 11.2. The maximum absolute atomic E-state index is 12.8. The molecule has 7 heteroatoms. The largest absolute Gasteiger partial charge is 0.448 e. The van der Waals surface area contributed by atoms with E-state index in [0.717, 1.165) is 37.0 Å². The fourth-order valence-electron chi connectivity index (χ4n) is 3.72. The summed E-state index contributed by atoms with van der Waals surface area (Å²) >= 11 is 1.27. The molecule has 0 unspecified atom stereocenters. The summed E-state index contributed by atoms with van der Waals surface area (Å²) in [4.78, 5) is 25.6. The highest BCUT2D eigenvalue weighted by Gasteiger charge is 2.42. The van der Waals surface area contributed by atoms with E-state index in [4.69, 9.17) is 9.47 Å². The van der Waals surface area contributed by atoms with E-state index in [1.54, 1.807) is 0 Å². The predicted molar refractivity (Wildman–Crippen MR) is 119 cm³/mol. The summed E-state index contributed by atoms with van der Waals surface area (Å²) in [6.45, 7) is 7.43. The molecule has 2 aliphatic rings. The molecule has 2 heterocycles. The summed E-state index contributed by atoms with van der Waals surface area (Å²) in [5.41, 5.74) is 0.981. The van der Waals surface area contributed by atoms with E-state index in [-0.39, 0.29) is 11.8 Å². The quantitative estimate of drug-likeness (QED) is 0.655. The van der Waals surface area contributed by atoms with Crippen molar-refractivity contribution in [3.8, 4) is 11.5 Å². The van der Waals surface area contributed by atoms with Crippen LogP contribution in [0.4, 0.5) is 10.7 Å². The molecule has 2 aromatic rings. The maximum Gasteiger partial charge on any atom is 0.266 e. The molecular weight excluding hydrogens is 400 g/mol. The van der Waals surface area contributed by atoms with Crippen LogP contribution < -0.4 is 20.1 Å². The van der Waals surface area contributed by atoms with Gasteiger partial charge in [-0.2, -0.15) is 0 Å². The second kappa shape index (κ2) is 7.61. The van der Waals surface area contributed by atoms with Gasteiger partial charge in [0.05, 0.1) is 9.88 Å². The lowest BCUT2D eigenvalue weighted by Crippen LogP contribution is -2.40. The van der Waals surface area contributed by atoms with Crippen LogP contribution in [0.15, 0.2) is 24.3 Å². The minimum atomic E-state index is -0.534. The van der Waals surface area contributed by atoms with Crippen LogP contribution in [0.5, 0.6) is 11.5 Å². The Labute approximate surface area is 181 Å². The summed E-state index contributed by atoms with van der Waals surface area (Å²) in [7, 11) is 0.